The summed E-state index contributed by atoms with van der Waals surface area (Å²) in [4.78, 5) is 4.08. The van der Waals surface area contributed by atoms with Crippen molar-refractivity contribution in [1.82, 2.24) is 4.98 Å². The highest BCUT2D eigenvalue weighted by Gasteiger charge is 2.08. The van der Waals surface area contributed by atoms with Crippen molar-refractivity contribution in [3.05, 3.63) is 42.6 Å². The Hall–Kier alpha value is -2.03. The number of nitrogens with zero attached hydrogens (tertiary/aromatic N) is 1. The van der Waals surface area contributed by atoms with E-state index in [0.29, 0.717) is 12.4 Å². The van der Waals surface area contributed by atoms with Crippen molar-refractivity contribution < 1.29 is 4.74 Å². The first kappa shape index (κ1) is 10.5. The molecular weight excluding hydrogens is 200 g/mol. The molecule has 2 rings (SSSR count). The Morgan fingerprint density at radius 2 is 1.88 bits per heavy atom. The summed E-state index contributed by atoms with van der Waals surface area (Å²) in [6.07, 6.45) is 1.68. The van der Waals surface area contributed by atoms with E-state index in [1.807, 2.05) is 43.3 Å². The molecule has 0 fully saturated rings. The molecule has 82 valence electrons. The third-order valence-corrected chi connectivity index (χ3v) is 2.32. The summed E-state index contributed by atoms with van der Waals surface area (Å²) in [5.74, 6) is 1.36. The molecule has 3 nitrogen and oxygen atoms in total. The van der Waals surface area contributed by atoms with Gasteiger partial charge >= 0.3 is 0 Å². The Bertz CT molecular complexity index is 483. The van der Waals surface area contributed by atoms with E-state index in [9.17, 15) is 0 Å². The number of para-hydroxylation sites is 1. The maximum Gasteiger partial charge on any atom is 0.131 e. The molecule has 0 amide bonds. The van der Waals surface area contributed by atoms with Crippen molar-refractivity contribution in [2.24, 2.45) is 0 Å². The van der Waals surface area contributed by atoms with Crippen molar-refractivity contribution in [2.75, 3.05) is 12.3 Å². The number of benzene rings is 1. The summed E-state index contributed by atoms with van der Waals surface area (Å²) in [5.41, 5.74) is 7.74. The predicted molar refractivity (Wildman–Crippen MR) is 65.3 cm³/mol. The summed E-state index contributed by atoms with van der Waals surface area (Å²) < 4.78 is 5.56. The summed E-state index contributed by atoms with van der Waals surface area (Å²) in [6.45, 7) is 2.60. The Morgan fingerprint density at radius 1 is 1.12 bits per heavy atom. The second-order valence-corrected chi connectivity index (χ2v) is 3.37. The number of aromatic nitrogens is 1. The van der Waals surface area contributed by atoms with Crippen LogP contribution in [0.1, 0.15) is 6.92 Å². The van der Waals surface area contributed by atoms with E-state index >= 15 is 0 Å². The Balaban J connectivity index is 2.51. The molecule has 16 heavy (non-hydrogen) atoms. The first-order valence-corrected chi connectivity index (χ1v) is 5.25. The van der Waals surface area contributed by atoms with Gasteiger partial charge in [-0.15, -0.1) is 0 Å². The Kier molecular flexibility index (Phi) is 3.05. The summed E-state index contributed by atoms with van der Waals surface area (Å²) in [6, 6.07) is 11.6. The lowest BCUT2D eigenvalue weighted by molar-refractivity contribution is 0.341. The number of ether oxygens (including phenoxy) is 1. The van der Waals surface area contributed by atoms with Crippen molar-refractivity contribution >= 4 is 5.82 Å². The highest BCUT2D eigenvalue weighted by molar-refractivity contribution is 5.78. The van der Waals surface area contributed by atoms with Gasteiger partial charge in [-0.25, -0.2) is 4.98 Å². The van der Waals surface area contributed by atoms with E-state index in [-0.39, 0.29) is 0 Å². The molecule has 1 aromatic carbocycles. The van der Waals surface area contributed by atoms with E-state index in [2.05, 4.69) is 4.98 Å². The number of pyridine rings is 1. The van der Waals surface area contributed by atoms with Gasteiger partial charge in [-0.05, 0) is 25.1 Å². The molecule has 2 N–H and O–H groups in total. The normalized spacial score (nSPS) is 10.1. The number of nitrogens with two attached hydrogens (primary N) is 1. The van der Waals surface area contributed by atoms with Gasteiger partial charge in [-0.1, -0.05) is 18.2 Å². The summed E-state index contributed by atoms with van der Waals surface area (Å²) >= 11 is 0. The van der Waals surface area contributed by atoms with Crippen LogP contribution in [0.15, 0.2) is 42.6 Å². The number of nitrogen functional groups attached to an aromatic ring is 1. The van der Waals surface area contributed by atoms with Crippen LogP contribution in [-0.4, -0.2) is 11.6 Å². The van der Waals surface area contributed by atoms with Gasteiger partial charge in [0, 0.05) is 17.3 Å². The van der Waals surface area contributed by atoms with Gasteiger partial charge in [0.1, 0.15) is 11.6 Å². The molecule has 0 aliphatic heterocycles. The predicted octanol–water partition coefficient (Wildman–Crippen LogP) is 2.73. The SMILES string of the molecule is CCOc1ccccc1-c1cccnc1N. The number of hydrogen-bond acceptors (Lipinski definition) is 3. The van der Waals surface area contributed by atoms with E-state index < -0.39 is 0 Å². The molecule has 0 atom stereocenters. The Labute approximate surface area is 94.9 Å². The average molecular weight is 214 g/mol. The zero-order chi connectivity index (χ0) is 11.4. The van der Waals surface area contributed by atoms with E-state index in [4.69, 9.17) is 10.5 Å². The van der Waals surface area contributed by atoms with Gasteiger partial charge in [-0.2, -0.15) is 0 Å². The molecule has 0 saturated heterocycles. The van der Waals surface area contributed by atoms with Gasteiger partial charge in [0.15, 0.2) is 0 Å². The van der Waals surface area contributed by atoms with Gasteiger partial charge in [0.2, 0.25) is 0 Å². The monoisotopic (exact) mass is 214 g/mol. The highest BCUT2D eigenvalue weighted by atomic mass is 16.5. The third kappa shape index (κ3) is 1.98. The minimum absolute atomic E-state index is 0.523. The van der Waals surface area contributed by atoms with Gasteiger partial charge in [0.25, 0.3) is 0 Å². The van der Waals surface area contributed by atoms with Crippen LogP contribution in [0.5, 0.6) is 5.75 Å². The van der Waals surface area contributed by atoms with Crippen LogP contribution in [0.25, 0.3) is 11.1 Å². The second-order valence-electron chi connectivity index (χ2n) is 3.37. The molecule has 0 aliphatic rings. The largest absolute Gasteiger partial charge is 0.493 e. The zero-order valence-corrected chi connectivity index (χ0v) is 9.18. The molecule has 0 radical (unpaired) electrons. The van der Waals surface area contributed by atoms with Crippen LogP contribution < -0.4 is 10.5 Å². The lowest BCUT2D eigenvalue weighted by Crippen LogP contribution is -1.97. The standard InChI is InChI=1S/C13H14N2O/c1-2-16-12-8-4-3-6-10(12)11-7-5-9-15-13(11)14/h3-9H,2H2,1H3,(H2,14,15). The molecule has 0 bridgehead atoms. The molecule has 2 aromatic rings. The van der Waals surface area contributed by atoms with Crippen LogP contribution in [0.2, 0.25) is 0 Å². The molecular formula is C13H14N2O. The molecule has 0 aliphatic carbocycles. The van der Waals surface area contributed by atoms with Crippen LogP contribution in [0.3, 0.4) is 0 Å². The van der Waals surface area contributed by atoms with Crippen LogP contribution in [0, 0.1) is 0 Å². The molecule has 0 spiro atoms. The molecule has 0 saturated carbocycles. The first-order chi connectivity index (χ1) is 7.83. The van der Waals surface area contributed by atoms with E-state index in [0.717, 1.165) is 16.9 Å². The number of rotatable bonds is 3. The van der Waals surface area contributed by atoms with Crippen LogP contribution >= 0.6 is 0 Å². The fourth-order valence-corrected chi connectivity index (χ4v) is 1.62. The first-order valence-electron chi connectivity index (χ1n) is 5.25. The lowest BCUT2D eigenvalue weighted by atomic mass is 10.1. The summed E-state index contributed by atoms with van der Waals surface area (Å²) in [5, 5.41) is 0. The highest BCUT2D eigenvalue weighted by Crippen LogP contribution is 2.32. The van der Waals surface area contributed by atoms with E-state index in [1.165, 1.54) is 0 Å². The minimum Gasteiger partial charge on any atom is -0.493 e. The van der Waals surface area contributed by atoms with Crippen molar-refractivity contribution in [1.29, 1.82) is 0 Å². The Morgan fingerprint density at radius 3 is 2.62 bits per heavy atom. The molecule has 3 heteroatoms. The van der Waals surface area contributed by atoms with Crippen LogP contribution in [-0.2, 0) is 0 Å². The fraction of sp³-hybridized carbons (Fsp3) is 0.154. The fourth-order valence-electron chi connectivity index (χ4n) is 1.62. The number of anilines is 1. The minimum atomic E-state index is 0.523. The van der Waals surface area contributed by atoms with Crippen molar-refractivity contribution in [2.45, 2.75) is 6.92 Å². The van der Waals surface area contributed by atoms with Crippen molar-refractivity contribution in [3.63, 3.8) is 0 Å². The topological polar surface area (TPSA) is 48.1 Å². The quantitative estimate of drug-likeness (QED) is 0.854. The summed E-state index contributed by atoms with van der Waals surface area (Å²) in [7, 11) is 0. The maximum atomic E-state index is 5.85. The zero-order valence-electron chi connectivity index (χ0n) is 9.18. The van der Waals surface area contributed by atoms with Gasteiger partial charge in [-0.3, -0.25) is 0 Å². The number of hydrogen-bond donors (Lipinski definition) is 1. The lowest BCUT2D eigenvalue weighted by Gasteiger charge is -2.10. The second kappa shape index (κ2) is 4.66. The van der Waals surface area contributed by atoms with Crippen LogP contribution in [0.4, 0.5) is 5.82 Å². The molecule has 1 aromatic heterocycles. The van der Waals surface area contributed by atoms with Crippen molar-refractivity contribution in [3.8, 4) is 16.9 Å². The van der Waals surface area contributed by atoms with Gasteiger partial charge in [0.05, 0.1) is 6.61 Å². The van der Waals surface area contributed by atoms with Gasteiger partial charge < -0.3 is 10.5 Å². The molecule has 1 heterocycles. The smallest absolute Gasteiger partial charge is 0.131 e. The third-order valence-electron chi connectivity index (χ3n) is 2.32. The van der Waals surface area contributed by atoms with E-state index in [1.54, 1.807) is 6.20 Å². The maximum absolute atomic E-state index is 5.85. The average Bonchev–Trinajstić information content (AvgIpc) is 2.31. The molecule has 0 unspecified atom stereocenters.